The van der Waals surface area contributed by atoms with E-state index in [1.54, 1.807) is 11.3 Å². The standard InChI is InChI=1S/C18H24N2S/c1-14(2)19-11-16-5-3-4-6-18(16)20(17-7-8-17)12-15-9-10-21-13-15/h3-6,9-10,13-14,17,19H,7-8,11-12H2,1-2H3. The molecule has 0 amide bonds. The van der Waals surface area contributed by atoms with Crippen LogP contribution in [0.25, 0.3) is 0 Å². The lowest BCUT2D eigenvalue weighted by Crippen LogP contribution is -2.28. The predicted octanol–water partition coefficient (Wildman–Crippen LogP) is 4.42. The highest BCUT2D eigenvalue weighted by Gasteiger charge is 2.30. The molecule has 0 saturated heterocycles. The highest BCUT2D eigenvalue weighted by molar-refractivity contribution is 7.07. The normalized spacial score (nSPS) is 14.6. The van der Waals surface area contributed by atoms with Gasteiger partial charge in [0.1, 0.15) is 0 Å². The van der Waals surface area contributed by atoms with Crippen LogP contribution < -0.4 is 10.2 Å². The summed E-state index contributed by atoms with van der Waals surface area (Å²) in [6.07, 6.45) is 2.66. The second kappa shape index (κ2) is 6.63. The highest BCUT2D eigenvalue weighted by Crippen LogP contribution is 2.35. The van der Waals surface area contributed by atoms with Gasteiger partial charge in [0.25, 0.3) is 0 Å². The first-order valence-corrected chi connectivity index (χ1v) is 8.77. The minimum atomic E-state index is 0.518. The lowest BCUT2D eigenvalue weighted by molar-refractivity contribution is 0.587. The minimum absolute atomic E-state index is 0.518. The molecule has 3 rings (SSSR count). The number of hydrogen-bond donors (Lipinski definition) is 1. The smallest absolute Gasteiger partial charge is 0.0440 e. The molecule has 1 aromatic carbocycles. The van der Waals surface area contributed by atoms with Gasteiger partial charge in [0.05, 0.1) is 0 Å². The van der Waals surface area contributed by atoms with Crippen molar-refractivity contribution in [2.75, 3.05) is 4.90 Å². The average Bonchev–Trinajstić information content (AvgIpc) is 3.20. The van der Waals surface area contributed by atoms with Gasteiger partial charge in [-0.05, 0) is 46.9 Å². The molecular weight excluding hydrogens is 276 g/mol. The van der Waals surface area contributed by atoms with Crippen molar-refractivity contribution in [2.24, 2.45) is 0 Å². The molecule has 1 heterocycles. The van der Waals surface area contributed by atoms with E-state index in [1.165, 1.54) is 29.7 Å². The molecule has 2 nitrogen and oxygen atoms in total. The number of benzene rings is 1. The Kier molecular flexibility index (Phi) is 4.61. The van der Waals surface area contributed by atoms with E-state index >= 15 is 0 Å². The molecule has 2 aromatic rings. The molecule has 1 N–H and O–H groups in total. The van der Waals surface area contributed by atoms with Crippen LogP contribution in [0.2, 0.25) is 0 Å². The zero-order valence-corrected chi connectivity index (χ0v) is 13.7. The third kappa shape index (κ3) is 3.86. The van der Waals surface area contributed by atoms with Crippen molar-refractivity contribution in [2.45, 2.75) is 51.9 Å². The van der Waals surface area contributed by atoms with Crippen molar-refractivity contribution >= 4 is 17.0 Å². The number of nitrogens with zero attached hydrogens (tertiary/aromatic N) is 1. The van der Waals surface area contributed by atoms with E-state index in [1.807, 2.05) is 0 Å². The summed E-state index contributed by atoms with van der Waals surface area (Å²) in [7, 11) is 0. The Bertz CT molecular complexity index is 558. The van der Waals surface area contributed by atoms with Gasteiger partial charge in [-0.3, -0.25) is 0 Å². The first kappa shape index (κ1) is 14.6. The lowest BCUT2D eigenvalue weighted by atomic mass is 10.1. The molecule has 21 heavy (non-hydrogen) atoms. The molecule has 1 aliphatic rings. The Morgan fingerprint density at radius 1 is 1.24 bits per heavy atom. The summed E-state index contributed by atoms with van der Waals surface area (Å²) in [5.41, 5.74) is 4.24. The first-order chi connectivity index (χ1) is 10.2. The van der Waals surface area contributed by atoms with Crippen molar-refractivity contribution in [3.05, 3.63) is 52.2 Å². The molecule has 0 aliphatic heterocycles. The number of thiophene rings is 1. The van der Waals surface area contributed by atoms with Gasteiger partial charge in [-0.15, -0.1) is 0 Å². The van der Waals surface area contributed by atoms with Crippen molar-refractivity contribution in [1.82, 2.24) is 5.32 Å². The molecule has 0 unspecified atom stereocenters. The van der Waals surface area contributed by atoms with E-state index in [9.17, 15) is 0 Å². The zero-order valence-electron chi connectivity index (χ0n) is 12.9. The number of anilines is 1. The van der Waals surface area contributed by atoms with Gasteiger partial charge < -0.3 is 10.2 Å². The summed E-state index contributed by atoms with van der Waals surface area (Å²) < 4.78 is 0. The minimum Gasteiger partial charge on any atom is -0.364 e. The Morgan fingerprint density at radius 2 is 2.05 bits per heavy atom. The summed E-state index contributed by atoms with van der Waals surface area (Å²) in [6, 6.07) is 12.3. The molecule has 0 spiro atoms. The van der Waals surface area contributed by atoms with Crippen LogP contribution in [-0.2, 0) is 13.1 Å². The predicted molar refractivity (Wildman–Crippen MR) is 91.9 cm³/mol. The van der Waals surface area contributed by atoms with Crippen molar-refractivity contribution in [3.63, 3.8) is 0 Å². The molecular formula is C18H24N2S. The summed E-state index contributed by atoms with van der Waals surface area (Å²) in [4.78, 5) is 2.60. The molecule has 0 radical (unpaired) electrons. The Labute approximate surface area is 131 Å². The highest BCUT2D eigenvalue weighted by atomic mass is 32.1. The molecule has 1 fully saturated rings. The largest absolute Gasteiger partial charge is 0.364 e. The second-order valence-electron chi connectivity index (χ2n) is 6.15. The number of nitrogens with one attached hydrogen (secondary N) is 1. The first-order valence-electron chi connectivity index (χ1n) is 7.83. The topological polar surface area (TPSA) is 15.3 Å². The molecule has 0 atom stereocenters. The van der Waals surface area contributed by atoms with Crippen molar-refractivity contribution in [3.8, 4) is 0 Å². The van der Waals surface area contributed by atoms with Gasteiger partial charge >= 0.3 is 0 Å². The SMILES string of the molecule is CC(C)NCc1ccccc1N(Cc1ccsc1)C1CC1. The number of rotatable bonds is 7. The molecule has 1 aliphatic carbocycles. The van der Waals surface area contributed by atoms with Crippen LogP contribution in [0.3, 0.4) is 0 Å². The fourth-order valence-electron chi connectivity index (χ4n) is 2.63. The average molecular weight is 300 g/mol. The van der Waals surface area contributed by atoms with E-state index in [-0.39, 0.29) is 0 Å². The van der Waals surface area contributed by atoms with Crippen LogP contribution in [0, 0.1) is 0 Å². The van der Waals surface area contributed by atoms with Crippen LogP contribution in [0.5, 0.6) is 0 Å². The van der Waals surface area contributed by atoms with Gasteiger partial charge in [0.15, 0.2) is 0 Å². The van der Waals surface area contributed by atoms with Gasteiger partial charge in [-0.2, -0.15) is 11.3 Å². The zero-order chi connectivity index (χ0) is 14.7. The van der Waals surface area contributed by atoms with Gasteiger partial charge in [0, 0.05) is 30.9 Å². The monoisotopic (exact) mass is 300 g/mol. The molecule has 112 valence electrons. The fraction of sp³-hybridized carbons (Fsp3) is 0.444. The van der Waals surface area contributed by atoms with Gasteiger partial charge in [0.2, 0.25) is 0 Å². The molecule has 0 bridgehead atoms. The Hall–Kier alpha value is -1.32. The molecule has 1 aromatic heterocycles. The van der Waals surface area contributed by atoms with Crippen LogP contribution in [0.1, 0.15) is 37.8 Å². The van der Waals surface area contributed by atoms with E-state index < -0.39 is 0 Å². The Morgan fingerprint density at radius 3 is 2.71 bits per heavy atom. The van der Waals surface area contributed by atoms with Gasteiger partial charge in [-0.1, -0.05) is 32.0 Å². The van der Waals surface area contributed by atoms with Crippen LogP contribution in [-0.4, -0.2) is 12.1 Å². The Balaban J connectivity index is 1.81. The van der Waals surface area contributed by atoms with E-state index in [2.05, 4.69) is 65.2 Å². The van der Waals surface area contributed by atoms with E-state index in [4.69, 9.17) is 0 Å². The van der Waals surface area contributed by atoms with Gasteiger partial charge in [-0.25, -0.2) is 0 Å². The summed E-state index contributed by atoms with van der Waals surface area (Å²) in [6.45, 7) is 6.38. The lowest BCUT2D eigenvalue weighted by Gasteiger charge is -2.27. The molecule has 1 saturated carbocycles. The third-order valence-electron chi connectivity index (χ3n) is 3.92. The fourth-order valence-corrected chi connectivity index (χ4v) is 3.29. The van der Waals surface area contributed by atoms with Crippen LogP contribution in [0.4, 0.5) is 5.69 Å². The maximum atomic E-state index is 3.55. The third-order valence-corrected chi connectivity index (χ3v) is 4.65. The number of hydrogen-bond acceptors (Lipinski definition) is 3. The summed E-state index contributed by atoms with van der Waals surface area (Å²) >= 11 is 1.79. The van der Waals surface area contributed by atoms with E-state index in [0.717, 1.165) is 19.1 Å². The van der Waals surface area contributed by atoms with Crippen LogP contribution in [0.15, 0.2) is 41.1 Å². The van der Waals surface area contributed by atoms with Crippen molar-refractivity contribution in [1.29, 1.82) is 0 Å². The second-order valence-corrected chi connectivity index (χ2v) is 6.94. The molecule has 3 heteroatoms. The number of para-hydroxylation sites is 1. The quantitative estimate of drug-likeness (QED) is 0.814. The summed E-state index contributed by atoms with van der Waals surface area (Å²) in [5, 5.41) is 7.99. The summed E-state index contributed by atoms with van der Waals surface area (Å²) in [5.74, 6) is 0. The maximum absolute atomic E-state index is 3.55. The maximum Gasteiger partial charge on any atom is 0.0440 e. The van der Waals surface area contributed by atoms with Crippen LogP contribution >= 0.6 is 11.3 Å². The van der Waals surface area contributed by atoms with Crippen molar-refractivity contribution < 1.29 is 0 Å². The van der Waals surface area contributed by atoms with E-state index in [0.29, 0.717) is 6.04 Å².